The Morgan fingerprint density at radius 1 is 1.22 bits per heavy atom. The lowest BCUT2D eigenvalue weighted by atomic mass is 10.2. The van der Waals surface area contributed by atoms with E-state index in [1.165, 1.54) is 12.1 Å². The van der Waals surface area contributed by atoms with E-state index in [0.717, 1.165) is 11.1 Å². The van der Waals surface area contributed by atoms with Crippen LogP contribution >= 0.6 is 11.6 Å². The number of nitrogens with one attached hydrogen (secondary N) is 1. The van der Waals surface area contributed by atoms with Gasteiger partial charge < -0.3 is 10.1 Å². The van der Waals surface area contributed by atoms with Crippen molar-refractivity contribution in [1.29, 1.82) is 0 Å². The van der Waals surface area contributed by atoms with Gasteiger partial charge in [0.25, 0.3) is 0 Å². The van der Waals surface area contributed by atoms with Gasteiger partial charge in [-0.25, -0.2) is 9.18 Å². The highest BCUT2D eigenvalue weighted by molar-refractivity contribution is 6.30. The molecule has 0 saturated carbocycles. The number of amides is 1. The monoisotopic (exact) mass is 333 g/mol. The van der Waals surface area contributed by atoms with Gasteiger partial charge in [0.1, 0.15) is 12.4 Å². The molecule has 0 heterocycles. The van der Waals surface area contributed by atoms with Gasteiger partial charge in [0.2, 0.25) is 0 Å². The van der Waals surface area contributed by atoms with Crippen molar-refractivity contribution in [3.8, 4) is 0 Å². The van der Waals surface area contributed by atoms with Crippen molar-refractivity contribution in [2.45, 2.75) is 13.0 Å². The minimum atomic E-state index is -0.459. The molecule has 0 radical (unpaired) electrons. The van der Waals surface area contributed by atoms with E-state index < -0.39 is 11.9 Å². The number of hydrogen-bond acceptors (Lipinski definition) is 2. The van der Waals surface area contributed by atoms with E-state index in [-0.39, 0.29) is 11.6 Å². The Hall–Kier alpha value is -2.33. The first-order valence-electron chi connectivity index (χ1n) is 7.21. The smallest absolute Gasteiger partial charge is 0.407 e. The third-order valence-corrected chi connectivity index (χ3v) is 3.35. The number of ether oxygens (including phenoxy) is 1. The van der Waals surface area contributed by atoms with Gasteiger partial charge in [0.15, 0.2) is 0 Å². The summed E-state index contributed by atoms with van der Waals surface area (Å²) in [5.41, 5.74) is 1.66. The summed E-state index contributed by atoms with van der Waals surface area (Å²) in [4.78, 5) is 11.5. The summed E-state index contributed by atoms with van der Waals surface area (Å²) >= 11 is 5.61. The van der Waals surface area contributed by atoms with E-state index in [1.54, 1.807) is 12.1 Å². The second-order valence-electron chi connectivity index (χ2n) is 4.85. The molecule has 0 bridgehead atoms. The molecule has 0 aliphatic rings. The van der Waals surface area contributed by atoms with Gasteiger partial charge in [-0.15, -0.1) is 0 Å². The predicted octanol–water partition coefficient (Wildman–Crippen LogP) is 4.81. The van der Waals surface area contributed by atoms with Crippen LogP contribution in [0.25, 0.3) is 6.08 Å². The van der Waals surface area contributed by atoms with Crippen molar-refractivity contribution in [1.82, 2.24) is 5.32 Å². The van der Waals surface area contributed by atoms with Crippen molar-refractivity contribution in [3.63, 3.8) is 0 Å². The second kappa shape index (κ2) is 8.96. The van der Waals surface area contributed by atoms with Gasteiger partial charge in [-0.2, -0.15) is 0 Å². The third-order valence-electron chi connectivity index (χ3n) is 3.05. The van der Waals surface area contributed by atoms with Gasteiger partial charge in [-0.1, -0.05) is 60.2 Å². The molecule has 0 fully saturated rings. The highest BCUT2D eigenvalue weighted by Crippen LogP contribution is 2.16. The average Bonchev–Trinajstić information content (AvgIpc) is 2.57. The molecule has 5 heteroatoms. The van der Waals surface area contributed by atoms with Crippen LogP contribution in [-0.4, -0.2) is 12.6 Å². The number of hydrogen-bond donors (Lipinski definition) is 1. The van der Waals surface area contributed by atoms with Gasteiger partial charge >= 0.3 is 6.09 Å². The van der Waals surface area contributed by atoms with Crippen LogP contribution in [0, 0.1) is 5.82 Å². The molecule has 1 amide bonds. The van der Waals surface area contributed by atoms with Crippen molar-refractivity contribution in [3.05, 3.63) is 76.6 Å². The van der Waals surface area contributed by atoms with Gasteiger partial charge in [-0.05, 0) is 29.7 Å². The molecule has 120 valence electrons. The number of benzene rings is 2. The molecule has 0 spiro atoms. The zero-order valence-corrected chi connectivity index (χ0v) is 13.2. The van der Waals surface area contributed by atoms with Crippen molar-refractivity contribution >= 4 is 23.8 Å². The molecule has 1 N–H and O–H groups in total. The van der Waals surface area contributed by atoms with E-state index in [2.05, 4.69) is 5.32 Å². The molecule has 0 atom stereocenters. The Kier molecular flexibility index (Phi) is 6.63. The summed E-state index contributed by atoms with van der Waals surface area (Å²) in [6, 6.07) is 14.1. The largest absolute Gasteiger partial charge is 0.445 e. The fourth-order valence-electron chi connectivity index (χ4n) is 1.87. The zero-order chi connectivity index (χ0) is 16.5. The summed E-state index contributed by atoms with van der Waals surface area (Å²) < 4.78 is 18.3. The van der Waals surface area contributed by atoms with Gasteiger partial charge in [0.05, 0.1) is 5.02 Å². The topological polar surface area (TPSA) is 38.3 Å². The second-order valence-corrected chi connectivity index (χ2v) is 5.26. The summed E-state index contributed by atoms with van der Waals surface area (Å²) in [5, 5.41) is 2.75. The molecule has 0 unspecified atom stereocenters. The quantitative estimate of drug-likeness (QED) is 0.770. The number of alkyl carbamates (subject to hydrolysis) is 1. The van der Waals surface area contributed by atoms with Crippen LogP contribution in [0.1, 0.15) is 17.5 Å². The van der Waals surface area contributed by atoms with Gasteiger partial charge in [0, 0.05) is 6.54 Å². The Labute approximate surface area is 139 Å². The Bertz CT molecular complexity index is 674. The first-order chi connectivity index (χ1) is 11.1. The maximum Gasteiger partial charge on any atom is 0.407 e. The van der Waals surface area contributed by atoms with Crippen LogP contribution in [0.4, 0.5) is 9.18 Å². The van der Waals surface area contributed by atoms with Gasteiger partial charge in [-0.3, -0.25) is 0 Å². The lowest BCUT2D eigenvalue weighted by Crippen LogP contribution is -2.24. The first-order valence-corrected chi connectivity index (χ1v) is 7.59. The minimum absolute atomic E-state index is 0.102. The summed E-state index contributed by atoms with van der Waals surface area (Å²) in [6.07, 6.45) is 3.78. The molecular weight excluding hydrogens is 317 g/mol. The molecule has 23 heavy (non-hydrogen) atoms. The van der Waals surface area contributed by atoms with E-state index in [9.17, 15) is 9.18 Å². The van der Waals surface area contributed by atoms with Crippen molar-refractivity contribution < 1.29 is 13.9 Å². The maximum atomic E-state index is 13.2. The summed E-state index contributed by atoms with van der Waals surface area (Å²) in [5.74, 6) is -0.448. The van der Waals surface area contributed by atoms with Crippen LogP contribution in [-0.2, 0) is 11.3 Å². The molecule has 3 nitrogen and oxygen atoms in total. The van der Waals surface area contributed by atoms with Crippen LogP contribution in [0.2, 0.25) is 5.02 Å². The molecular formula is C18H17ClFNO2. The molecule has 0 saturated heterocycles. The Morgan fingerprint density at radius 2 is 2.00 bits per heavy atom. The number of carbonyl (C=O) groups is 1. The molecule has 2 rings (SSSR count). The van der Waals surface area contributed by atoms with Crippen LogP contribution in [0.5, 0.6) is 0 Å². The highest BCUT2D eigenvalue weighted by atomic mass is 35.5. The normalized spacial score (nSPS) is 10.7. The number of rotatable bonds is 6. The molecule has 2 aromatic rings. The molecule has 0 aliphatic heterocycles. The SMILES string of the molecule is O=C(NCCC=Cc1ccc(Cl)c(F)c1)OCc1ccccc1. The third kappa shape index (κ3) is 6.12. The Balaban J connectivity index is 1.65. The van der Waals surface area contributed by atoms with E-state index in [4.69, 9.17) is 16.3 Å². The summed E-state index contributed by atoms with van der Waals surface area (Å²) in [7, 11) is 0. The average molecular weight is 334 g/mol. The van der Waals surface area contributed by atoms with E-state index in [0.29, 0.717) is 13.0 Å². The maximum absolute atomic E-state index is 13.2. The highest BCUT2D eigenvalue weighted by Gasteiger charge is 2.01. The number of carbonyl (C=O) groups excluding carboxylic acids is 1. The van der Waals surface area contributed by atoms with Crippen molar-refractivity contribution in [2.75, 3.05) is 6.54 Å². The van der Waals surface area contributed by atoms with E-state index in [1.807, 2.05) is 36.4 Å². The number of halogens is 2. The van der Waals surface area contributed by atoms with E-state index >= 15 is 0 Å². The lowest BCUT2D eigenvalue weighted by molar-refractivity contribution is 0.140. The first kappa shape index (κ1) is 17.0. The van der Waals surface area contributed by atoms with Crippen molar-refractivity contribution in [2.24, 2.45) is 0 Å². The Morgan fingerprint density at radius 3 is 2.74 bits per heavy atom. The lowest BCUT2D eigenvalue weighted by Gasteiger charge is -2.05. The summed E-state index contributed by atoms with van der Waals surface area (Å²) in [6.45, 7) is 0.687. The molecule has 2 aromatic carbocycles. The minimum Gasteiger partial charge on any atom is -0.445 e. The molecule has 0 aromatic heterocycles. The fourth-order valence-corrected chi connectivity index (χ4v) is 1.98. The predicted molar refractivity (Wildman–Crippen MR) is 89.7 cm³/mol. The van der Waals surface area contributed by atoms with Crippen LogP contribution < -0.4 is 5.32 Å². The zero-order valence-electron chi connectivity index (χ0n) is 12.5. The van der Waals surface area contributed by atoms with Crippen LogP contribution in [0.15, 0.2) is 54.6 Å². The van der Waals surface area contributed by atoms with Crippen LogP contribution in [0.3, 0.4) is 0 Å². The fraction of sp³-hybridized carbons (Fsp3) is 0.167. The standard InChI is InChI=1S/C18H17ClFNO2/c19-16-10-9-14(12-17(16)20)6-4-5-11-21-18(22)23-13-15-7-2-1-3-8-15/h1-4,6-10,12H,5,11,13H2,(H,21,22). The molecule has 0 aliphatic carbocycles.